The number of unbranched alkanes of at least 4 members (excludes halogenated alkanes) is 8. The van der Waals surface area contributed by atoms with E-state index in [1.165, 1.54) is 38.5 Å². The van der Waals surface area contributed by atoms with Crippen molar-refractivity contribution in [2.75, 3.05) is 39.4 Å². The Morgan fingerprint density at radius 2 is 1.37 bits per heavy atom. The average Bonchev–Trinajstić information content (AvgIpc) is 2.61. The van der Waals surface area contributed by atoms with E-state index in [2.05, 4.69) is 6.92 Å². The Labute approximate surface area is 165 Å². The lowest BCUT2D eigenvalue weighted by molar-refractivity contribution is -0.931. The lowest BCUT2D eigenvalue weighted by atomic mass is 10.0. The van der Waals surface area contributed by atoms with E-state index in [-0.39, 0.29) is 19.6 Å². The van der Waals surface area contributed by atoms with Gasteiger partial charge in [-0.1, -0.05) is 58.3 Å². The van der Waals surface area contributed by atoms with Crippen molar-refractivity contribution in [3.63, 3.8) is 0 Å². The Hall–Kier alpha value is -0.690. The van der Waals surface area contributed by atoms with Crippen LogP contribution in [-0.4, -0.2) is 76.4 Å². The van der Waals surface area contributed by atoms with Gasteiger partial charge in [-0.15, -0.1) is 0 Å². The molecular formula is C21H44NO5+. The van der Waals surface area contributed by atoms with Gasteiger partial charge in [-0.25, -0.2) is 0 Å². The molecule has 27 heavy (non-hydrogen) atoms. The van der Waals surface area contributed by atoms with Crippen LogP contribution >= 0.6 is 0 Å². The van der Waals surface area contributed by atoms with Gasteiger partial charge in [-0.3, -0.25) is 4.79 Å². The third-order valence-electron chi connectivity index (χ3n) is 5.41. The fourth-order valence-electron chi connectivity index (χ4n) is 3.81. The maximum absolute atomic E-state index is 10.7. The van der Waals surface area contributed by atoms with E-state index < -0.39 is 12.1 Å². The zero-order valence-corrected chi connectivity index (χ0v) is 17.4. The Morgan fingerprint density at radius 3 is 1.89 bits per heavy atom. The fourth-order valence-corrected chi connectivity index (χ4v) is 3.81. The number of hydrogen-bond acceptors (Lipinski definition) is 4. The highest BCUT2D eigenvalue weighted by Crippen LogP contribution is 2.16. The molecule has 0 aromatic carbocycles. The molecule has 6 nitrogen and oxygen atoms in total. The van der Waals surface area contributed by atoms with Crippen molar-refractivity contribution in [2.24, 2.45) is 0 Å². The number of hydrogen-bond donors (Lipinski definition) is 4. The lowest BCUT2D eigenvalue weighted by Crippen LogP contribution is -2.55. The van der Waals surface area contributed by atoms with E-state index in [9.17, 15) is 20.1 Å². The number of quaternary nitrogens is 1. The van der Waals surface area contributed by atoms with Crippen molar-refractivity contribution in [3.8, 4) is 0 Å². The van der Waals surface area contributed by atoms with Gasteiger partial charge in [-0.05, 0) is 19.3 Å². The molecule has 162 valence electrons. The Balaban J connectivity index is 4.23. The molecule has 0 aromatic heterocycles. The van der Waals surface area contributed by atoms with E-state index in [4.69, 9.17) is 5.11 Å². The quantitative estimate of drug-likeness (QED) is 0.189. The second-order valence-corrected chi connectivity index (χ2v) is 7.91. The number of nitrogens with zero attached hydrogens (tertiary/aromatic N) is 1. The van der Waals surface area contributed by atoms with E-state index in [1.807, 2.05) is 0 Å². The van der Waals surface area contributed by atoms with Gasteiger partial charge in [0, 0.05) is 6.42 Å². The molecule has 4 N–H and O–H groups in total. The van der Waals surface area contributed by atoms with Crippen LogP contribution in [0.15, 0.2) is 0 Å². The van der Waals surface area contributed by atoms with Crippen LogP contribution in [0.2, 0.25) is 0 Å². The van der Waals surface area contributed by atoms with Gasteiger partial charge in [0.1, 0.15) is 25.7 Å². The maximum atomic E-state index is 10.7. The summed E-state index contributed by atoms with van der Waals surface area (Å²) < 4.78 is 0.463. The summed E-state index contributed by atoms with van der Waals surface area (Å²) in [4.78, 5) is 10.7. The molecule has 0 heterocycles. The highest BCUT2D eigenvalue weighted by Gasteiger charge is 2.29. The van der Waals surface area contributed by atoms with Crippen molar-refractivity contribution in [1.82, 2.24) is 0 Å². The molecule has 0 aromatic rings. The zero-order chi connectivity index (χ0) is 20.4. The molecule has 0 fully saturated rings. The molecule has 0 spiro atoms. The van der Waals surface area contributed by atoms with Crippen LogP contribution in [0.4, 0.5) is 0 Å². The number of carboxylic acid groups (broad SMARTS) is 1. The first-order valence-corrected chi connectivity index (χ1v) is 11.0. The van der Waals surface area contributed by atoms with Crippen molar-refractivity contribution in [1.29, 1.82) is 0 Å². The molecule has 0 saturated carbocycles. The zero-order valence-electron chi connectivity index (χ0n) is 17.4. The summed E-state index contributed by atoms with van der Waals surface area (Å²) in [7, 11) is 0. The van der Waals surface area contributed by atoms with Gasteiger partial charge in [0.15, 0.2) is 0 Å². The molecule has 0 radical (unpaired) electrons. The molecule has 6 heteroatoms. The van der Waals surface area contributed by atoms with Crippen LogP contribution < -0.4 is 0 Å². The number of rotatable bonds is 20. The summed E-state index contributed by atoms with van der Waals surface area (Å²) >= 11 is 0. The molecule has 0 bridgehead atoms. The molecule has 0 aliphatic carbocycles. The first-order chi connectivity index (χ1) is 13.0. The number of aliphatic hydroxyl groups is 3. The SMILES string of the molecule is CCCCCCCCCCC(O)C[N+](CCO)(CCO)CCCCC(=O)O. The average molecular weight is 391 g/mol. The molecule has 0 aliphatic rings. The van der Waals surface area contributed by atoms with E-state index in [0.717, 1.165) is 25.7 Å². The maximum Gasteiger partial charge on any atom is 0.303 e. The summed E-state index contributed by atoms with van der Waals surface area (Å²) in [6.45, 7) is 4.41. The van der Waals surface area contributed by atoms with Crippen molar-refractivity contribution in [2.45, 2.75) is 90.1 Å². The van der Waals surface area contributed by atoms with Crippen LogP contribution in [0.3, 0.4) is 0 Å². The van der Waals surface area contributed by atoms with Gasteiger partial charge in [0.05, 0.1) is 19.8 Å². The van der Waals surface area contributed by atoms with Gasteiger partial charge in [0.25, 0.3) is 0 Å². The standard InChI is InChI=1S/C21H43NO5/c1-2-3-4-5-6-7-8-9-12-20(25)19-22(15-17-23,16-18-24)14-11-10-13-21(26)27/h20,23-25H,2-19H2,1H3/p+1. The highest BCUT2D eigenvalue weighted by molar-refractivity contribution is 5.66. The lowest BCUT2D eigenvalue weighted by Gasteiger charge is -2.39. The normalized spacial score (nSPS) is 13.0. The van der Waals surface area contributed by atoms with Gasteiger partial charge >= 0.3 is 5.97 Å². The minimum absolute atomic E-state index is 0.00338. The molecule has 0 aliphatic heterocycles. The van der Waals surface area contributed by atoms with Crippen molar-refractivity contribution in [3.05, 3.63) is 0 Å². The molecule has 1 atom stereocenters. The third-order valence-corrected chi connectivity index (χ3v) is 5.41. The second kappa shape index (κ2) is 17.4. The van der Waals surface area contributed by atoms with Crippen molar-refractivity contribution >= 4 is 5.97 Å². The highest BCUT2D eigenvalue weighted by atomic mass is 16.4. The van der Waals surface area contributed by atoms with Crippen LogP contribution in [0.1, 0.15) is 84.0 Å². The summed E-state index contributed by atoms with van der Waals surface area (Å²) in [6.07, 6.45) is 11.6. The third kappa shape index (κ3) is 15.0. The predicted octanol–water partition coefficient (Wildman–Crippen LogP) is 2.93. The number of aliphatic hydroxyl groups excluding tert-OH is 3. The fraction of sp³-hybridized carbons (Fsp3) is 0.952. The minimum Gasteiger partial charge on any atom is -0.481 e. The summed E-state index contributed by atoms with van der Waals surface area (Å²) in [5.41, 5.74) is 0. The molecular weight excluding hydrogens is 346 g/mol. The van der Waals surface area contributed by atoms with Crippen molar-refractivity contribution < 1.29 is 29.7 Å². The summed E-state index contributed by atoms with van der Waals surface area (Å²) in [6, 6.07) is 0. The second-order valence-electron chi connectivity index (χ2n) is 7.91. The number of carbonyl (C=O) groups is 1. The first kappa shape index (κ1) is 26.3. The predicted molar refractivity (Wildman–Crippen MR) is 109 cm³/mol. The minimum atomic E-state index is -0.799. The molecule has 1 unspecified atom stereocenters. The van der Waals surface area contributed by atoms with E-state index in [0.29, 0.717) is 37.1 Å². The largest absolute Gasteiger partial charge is 0.481 e. The van der Waals surface area contributed by atoms with E-state index in [1.54, 1.807) is 0 Å². The Morgan fingerprint density at radius 1 is 0.815 bits per heavy atom. The van der Waals surface area contributed by atoms with Crippen LogP contribution in [0.5, 0.6) is 0 Å². The topological polar surface area (TPSA) is 98.0 Å². The first-order valence-electron chi connectivity index (χ1n) is 11.0. The molecule has 0 amide bonds. The summed E-state index contributed by atoms with van der Waals surface area (Å²) in [5.74, 6) is -0.799. The number of carboxylic acids is 1. The Bertz CT molecular complexity index is 345. The van der Waals surface area contributed by atoms with Gasteiger partial charge < -0.3 is 24.9 Å². The van der Waals surface area contributed by atoms with E-state index >= 15 is 0 Å². The number of aliphatic carboxylic acids is 1. The van der Waals surface area contributed by atoms with Gasteiger partial charge in [-0.2, -0.15) is 0 Å². The smallest absolute Gasteiger partial charge is 0.303 e. The Kier molecular flexibility index (Phi) is 17.0. The monoisotopic (exact) mass is 390 g/mol. The molecule has 0 rings (SSSR count). The van der Waals surface area contributed by atoms with Gasteiger partial charge in [0.2, 0.25) is 0 Å². The summed E-state index contributed by atoms with van der Waals surface area (Å²) in [5, 5.41) is 38.1. The van der Waals surface area contributed by atoms with Crippen LogP contribution in [0.25, 0.3) is 0 Å². The van der Waals surface area contributed by atoms with Crippen LogP contribution in [0, 0.1) is 0 Å². The van der Waals surface area contributed by atoms with Crippen LogP contribution in [-0.2, 0) is 4.79 Å². The molecule has 0 saturated heterocycles.